The Hall–Kier alpha value is -1.66. The molecule has 7 heteroatoms. The number of hydrogen-bond acceptors (Lipinski definition) is 4. The van der Waals surface area contributed by atoms with Gasteiger partial charge in [-0.1, -0.05) is 11.6 Å². The Morgan fingerprint density at radius 1 is 1.20 bits per heavy atom. The van der Waals surface area contributed by atoms with Gasteiger partial charge in [0.2, 0.25) is 0 Å². The molecule has 0 spiro atoms. The van der Waals surface area contributed by atoms with Crippen molar-refractivity contribution in [1.82, 2.24) is 15.3 Å². The zero-order valence-corrected chi connectivity index (χ0v) is 15.9. The van der Waals surface area contributed by atoms with Gasteiger partial charge in [-0.2, -0.15) is 0 Å². The number of nitrogens with zero attached hydrogens (tertiary/aromatic N) is 3. The summed E-state index contributed by atoms with van der Waals surface area (Å²) >= 11 is 9.48. The molecule has 130 valence electrons. The van der Waals surface area contributed by atoms with Crippen molar-refractivity contribution in [2.75, 3.05) is 18.0 Å². The van der Waals surface area contributed by atoms with Gasteiger partial charge in [0, 0.05) is 36.0 Å². The number of anilines is 1. The molecule has 0 bridgehead atoms. The largest absolute Gasteiger partial charge is 0.356 e. The van der Waals surface area contributed by atoms with Gasteiger partial charge >= 0.3 is 0 Å². The van der Waals surface area contributed by atoms with E-state index in [9.17, 15) is 4.79 Å². The van der Waals surface area contributed by atoms with Gasteiger partial charge in [0.15, 0.2) is 0 Å². The Morgan fingerprint density at radius 3 is 2.60 bits per heavy atom. The number of carbonyl (C=O) groups excluding carboxylic acids is 1. The highest BCUT2D eigenvalue weighted by Gasteiger charge is 2.41. The zero-order valence-electron chi connectivity index (χ0n) is 13.5. The third-order valence-corrected chi connectivity index (χ3v) is 5.87. The molecule has 1 saturated heterocycles. The summed E-state index contributed by atoms with van der Waals surface area (Å²) in [4.78, 5) is 23.3. The number of nitrogens with one attached hydrogen (secondary N) is 1. The van der Waals surface area contributed by atoms with E-state index in [1.807, 2.05) is 18.3 Å². The van der Waals surface area contributed by atoms with Gasteiger partial charge in [-0.15, -0.1) is 0 Å². The molecular formula is C18H18BrClN4O. The van der Waals surface area contributed by atoms with Crippen LogP contribution >= 0.6 is 27.5 Å². The number of aromatic nitrogens is 2. The highest BCUT2D eigenvalue weighted by atomic mass is 79.9. The second-order valence-electron chi connectivity index (χ2n) is 6.74. The molecule has 3 atom stereocenters. The summed E-state index contributed by atoms with van der Waals surface area (Å²) in [6, 6.07) is 7.68. The molecule has 1 N–H and O–H groups in total. The first-order chi connectivity index (χ1) is 12.1. The quantitative estimate of drug-likeness (QED) is 0.823. The second kappa shape index (κ2) is 6.92. The van der Waals surface area contributed by atoms with Gasteiger partial charge in [0.25, 0.3) is 5.91 Å². The Morgan fingerprint density at radius 2 is 1.96 bits per heavy atom. The van der Waals surface area contributed by atoms with Crippen molar-refractivity contribution in [2.24, 2.45) is 11.8 Å². The van der Waals surface area contributed by atoms with Crippen LogP contribution in [0.25, 0.3) is 0 Å². The predicted octanol–water partition coefficient (Wildman–Crippen LogP) is 3.54. The lowest BCUT2D eigenvalue weighted by Gasteiger charge is -2.20. The molecule has 2 aromatic rings. The zero-order chi connectivity index (χ0) is 17.4. The number of pyridine rings is 2. The second-order valence-corrected chi connectivity index (χ2v) is 8.06. The fourth-order valence-electron chi connectivity index (χ4n) is 3.97. The van der Waals surface area contributed by atoms with Crippen LogP contribution in [0, 0.1) is 11.8 Å². The monoisotopic (exact) mass is 420 g/mol. The van der Waals surface area contributed by atoms with E-state index in [2.05, 4.69) is 36.1 Å². The summed E-state index contributed by atoms with van der Waals surface area (Å²) in [5.41, 5.74) is 0.307. The summed E-state index contributed by atoms with van der Waals surface area (Å²) in [7, 11) is 0. The van der Waals surface area contributed by atoms with Crippen molar-refractivity contribution < 1.29 is 4.79 Å². The van der Waals surface area contributed by atoms with Gasteiger partial charge in [-0.05, 0) is 64.9 Å². The van der Waals surface area contributed by atoms with Crippen LogP contribution < -0.4 is 10.2 Å². The normalized spacial score (nSPS) is 25.0. The molecule has 1 amide bonds. The maximum Gasteiger partial charge on any atom is 0.271 e. The molecule has 2 aliphatic rings. The lowest BCUT2D eigenvalue weighted by Crippen LogP contribution is -2.35. The average molecular weight is 422 g/mol. The number of hydrogen-bond donors (Lipinski definition) is 1. The van der Waals surface area contributed by atoms with Crippen LogP contribution in [0.3, 0.4) is 0 Å². The van der Waals surface area contributed by atoms with Crippen molar-refractivity contribution in [3.63, 3.8) is 0 Å². The molecule has 2 aromatic heterocycles. The highest BCUT2D eigenvalue weighted by molar-refractivity contribution is 9.10. The molecule has 2 fully saturated rings. The van der Waals surface area contributed by atoms with Crippen LogP contribution in [-0.2, 0) is 0 Å². The summed E-state index contributed by atoms with van der Waals surface area (Å²) < 4.78 is 0.992. The topological polar surface area (TPSA) is 58.1 Å². The molecule has 4 rings (SSSR count). The minimum absolute atomic E-state index is 0.179. The van der Waals surface area contributed by atoms with Crippen LogP contribution in [0.4, 0.5) is 5.82 Å². The van der Waals surface area contributed by atoms with Crippen LogP contribution in [0.1, 0.15) is 23.3 Å². The minimum Gasteiger partial charge on any atom is -0.356 e. The van der Waals surface area contributed by atoms with Gasteiger partial charge < -0.3 is 10.2 Å². The van der Waals surface area contributed by atoms with Crippen LogP contribution in [0.5, 0.6) is 0 Å². The molecule has 25 heavy (non-hydrogen) atoms. The molecule has 1 aliphatic heterocycles. The first-order valence-corrected chi connectivity index (χ1v) is 9.55. The van der Waals surface area contributed by atoms with E-state index in [1.54, 1.807) is 18.3 Å². The molecule has 3 heterocycles. The van der Waals surface area contributed by atoms with Crippen LogP contribution in [0.2, 0.25) is 5.02 Å². The third-order valence-electron chi connectivity index (χ3n) is 5.10. The van der Waals surface area contributed by atoms with Crippen molar-refractivity contribution in [3.8, 4) is 0 Å². The highest BCUT2D eigenvalue weighted by Crippen LogP contribution is 2.39. The minimum atomic E-state index is -0.179. The summed E-state index contributed by atoms with van der Waals surface area (Å²) in [6.07, 6.45) is 5.41. The van der Waals surface area contributed by atoms with Crippen molar-refractivity contribution >= 4 is 39.3 Å². The van der Waals surface area contributed by atoms with Crippen molar-refractivity contribution in [2.45, 2.75) is 18.9 Å². The molecular weight excluding hydrogens is 404 g/mol. The Labute approximate surface area is 159 Å². The molecule has 5 nitrogen and oxygen atoms in total. The van der Waals surface area contributed by atoms with Crippen molar-refractivity contribution in [1.29, 1.82) is 0 Å². The lowest BCUT2D eigenvalue weighted by molar-refractivity contribution is 0.0931. The van der Waals surface area contributed by atoms with Crippen LogP contribution in [0.15, 0.2) is 41.1 Å². The summed E-state index contributed by atoms with van der Waals surface area (Å²) in [5, 5.41) is 3.49. The standard InChI is InChI=1S/C18H18BrClN4O/c19-13-3-4-16(22-8-13)24-9-11-6-14(7-12(11)10-24)23-18(25)17-15(20)2-1-5-21-17/h1-5,8,11-12,14H,6-7,9-10H2,(H,23,25)/t11-,12+,14-. The first-order valence-electron chi connectivity index (χ1n) is 8.38. The van der Waals surface area contributed by atoms with Crippen LogP contribution in [-0.4, -0.2) is 35.0 Å². The Kier molecular flexibility index (Phi) is 4.65. The van der Waals surface area contributed by atoms with E-state index in [1.165, 1.54) is 0 Å². The number of carbonyl (C=O) groups is 1. The lowest BCUT2D eigenvalue weighted by atomic mass is 10.0. The SMILES string of the molecule is O=C(N[C@@H]1C[C@@H]2CN(c3ccc(Br)cn3)C[C@@H]2C1)c1ncccc1Cl. The number of rotatable bonds is 3. The van der Waals surface area contributed by atoms with E-state index in [4.69, 9.17) is 11.6 Å². The van der Waals surface area contributed by atoms with Gasteiger partial charge in [0.05, 0.1) is 5.02 Å². The first kappa shape index (κ1) is 16.8. The molecule has 0 aromatic carbocycles. The smallest absolute Gasteiger partial charge is 0.271 e. The van der Waals surface area contributed by atoms with E-state index in [-0.39, 0.29) is 11.9 Å². The summed E-state index contributed by atoms with van der Waals surface area (Å²) in [6.45, 7) is 1.99. The fraction of sp³-hybridized carbons (Fsp3) is 0.389. The Bertz CT molecular complexity index is 771. The molecule has 1 saturated carbocycles. The maximum atomic E-state index is 12.4. The average Bonchev–Trinajstić information content (AvgIpc) is 3.14. The summed E-state index contributed by atoms with van der Waals surface area (Å²) in [5.74, 6) is 2.03. The maximum absolute atomic E-state index is 12.4. The number of halogens is 2. The van der Waals surface area contributed by atoms with E-state index in [0.717, 1.165) is 36.2 Å². The van der Waals surface area contributed by atoms with Gasteiger partial charge in [-0.3, -0.25) is 4.79 Å². The van der Waals surface area contributed by atoms with E-state index < -0.39 is 0 Å². The molecule has 0 unspecified atom stereocenters. The van der Waals surface area contributed by atoms with Crippen molar-refractivity contribution in [3.05, 3.63) is 51.8 Å². The fourth-order valence-corrected chi connectivity index (χ4v) is 4.41. The van der Waals surface area contributed by atoms with Gasteiger partial charge in [-0.25, -0.2) is 9.97 Å². The van der Waals surface area contributed by atoms with E-state index >= 15 is 0 Å². The number of fused-ring (bicyclic) bond motifs is 1. The third kappa shape index (κ3) is 3.51. The number of amides is 1. The van der Waals surface area contributed by atoms with Gasteiger partial charge in [0.1, 0.15) is 11.5 Å². The molecule has 0 radical (unpaired) electrons. The Balaban J connectivity index is 1.36. The predicted molar refractivity (Wildman–Crippen MR) is 101 cm³/mol. The van der Waals surface area contributed by atoms with E-state index in [0.29, 0.717) is 22.6 Å². The molecule has 1 aliphatic carbocycles.